The zero-order chi connectivity index (χ0) is 16.8. The van der Waals surface area contributed by atoms with Crippen LogP contribution in [0.5, 0.6) is 0 Å². The van der Waals surface area contributed by atoms with Gasteiger partial charge in [0.1, 0.15) is 5.82 Å². The molecule has 1 atom stereocenters. The van der Waals surface area contributed by atoms with Crippen LogP contribution in [0.3, 0.4) is 0 Å². The van der Waals surface area contributed by atoms with E-state index in [4.69, 9.17) is 0 Å². The third kappa shape index (κ3) is 5.29. The summed E-state index contributed by atoms with van der Waals surface area (Å²) in [6.45, 7) is 2.53. The Hall–Kier alpha value is -1.46. The minimum absolute atomic E-state index is 0.0198. The van der Waals surface area contributed by atoms with Gasteiger partial charge in [-0.3, -0.25) is 9.69 Å². The monoisotopic (exact) mass is 322 g/mol. The molecule has 128 valence electrons. The van der Waals surface area contributed by atoms with Crippen LogP contribution >= 0.6 is 0 Å². The summed E-state index contributed by atoms with van der Waals surface area (Å²) in [5.74, 6) is 0.131. The largest absolute Gasteiger partial charge is 0.396 e. The van der Waals surface area contributed by atoms with E-state index in [2.05, 4.69) is 10.2 Å². The van der Waals surface area contributed by atoms with Crippen LogP contribution in [0.4, 0.5) is 4.39 Å². The molecule has 1 unspecified atom stereocenters. The first-order valence-electron chi connectivity index (χ1n) is 8.35. The van der Waals surface area contributed by atoms with Crippen molar-refractivity contribution in [3.63, 3.8) is 0 Å². The molecule has 1 aromatic rings. The van der Waals surface area contributed by atoms with Gasteiger partial charge in [-0.15, -0.1) is 0 Å². The van der Waals surface area contributed by atoms with Gasteiger partial charge in [0.05, 0.1) is 12.6 Å². The van der Waals surface area contributed by atoms with Gasteiger partial charge in [0.2, 0.25) is 5.91 Å². The molecule has 1 amide bonds. The van der Waals surface area contributed by atoms with Gasteiger partial charge in [0, 0.05) is 12.6 Å². The molecule has 2 N–H and O–H groups in total. The van der Waals surface area contributed by atoms with Gasteiger partial charge in [-0.05, 0) is 63.3 Å². The lowest BCUT2D eigenvalue weighted by Gasteiger charge is -2.34. The summed E-state index contributed by atoms with van der Waals surface area (Å²) < 4.78 is 12.9. The Morgan fingerprint density at radius 1 is 1.30 bits per heavy atom. The van der Waals surface area contributed by atoms with E-state index in [0.717, 1.165) is 31.2 Å². The summed E-state index contributed by atoms with van der Waals surface area (Å²) in [6.07, 6.45) is 4.11. The zero-order valence-electron chi connectivity index (χ0n) is 14.0. The van der Waals surface area contributed by atoms with Gasteiger partial charge in [-0.2, -0.15) is 0 Å². The number of hydrogen-bond donors (Lipinski definition) is 2. The number of halogens is 1. The fourth-order valence-corrected chi connectivity index (χ4v) is 3.25. The first-order chi connectivity index (χ1) is 11.0. The second-order valence-corrected chi connectivity index (χ2v) is 6.61. The summed E-state index contributed by atoms with van der Waals surface area (Å²) in [6, 6.07) is 6.47. The highest BCUT2D eigenvalue weighted by Gasteiger charge is 2.24. The Balaban J connectivity index is 1.78. The maximum atomic E-state index is 12.9. The first-order valence-corrected chi connectivity index (χ1v) is 8.35. The summed E-state index contributed by atoms with van der Waals surface area (Å²) in [5, 5.41) is 12.1. The van der Waals surface area contributed by atoms with E-state index in [9.17, 15) is 14.3 Å². The zero-order valence-corrected chi connectivity index (χ0v) is 14.0. The molecule has 0 aromatic heterocycles. The second kappa shape index (κ2) is 8.41. The highest BCUT2D eigenvalue weighted by molar-refractivity contribution is 5.78. The van der Waals surface area contributed by atoms with Crippen molar-refractivity contribution in [1.29, 1.82) is 0 Å². The van der Waals surface area contributed by atoms with Crippen LogP contribution in [0, 0.1) is 11.7 Å². The van der Waals surface area contributed by atoms with Crippen molar-refractivity contribution < 1.29 is 14.3 Å². The molecule has 1 saturated carbocycles. The molecule has 2 rings (SSSR count). The molecule has 23 heavy (non-hydrogen) atoms. The minimum atomic E-state index is -0.273. The predicted octanol–water partition coefficient (Wildman–Crippen LogP) is 2.49. The lowest BCUT2D eigenvalue weighted by Crippen LogP contribution is -2.42. The van der Waals surface area contributed by atoms with Gasteiger partial charge in [-0.1, -0.05) is 12.1 Å². The molecule has 0 spiro atoms. The number of aliphatic hydroxyl groups excluding tert-OH is 1. The molecule has 0 saturated heterocycles. The van der Waals surface area contributed by atoms with Gasteiger partial charge in [0.15, 0.2) is 0 Å². The Bertz CT molecular complexity index is 498. The number of rotatable bonds is 6. The van der Waals surface area contributed by atoms with Crippen LogP contribution < -0.4 is 5.32 Å². The highest BCUT2D eigenvalue weighted by atomic mass is 19.1. The van der Waals surface area contributed by atoms with Crippen LogP contribution in [-0.2, 0) is 4.79 Å². The third-order valence-electron chi connectivity index (χ3n) is 4.84. The molecule has 4 nitrogen and oxygen atoms in total. The molecule has 0 aliphatic heterocycles. The number of benzene rings is 1. The van der Waals surface area contributed by atoms with E-state index < -0.39 is 0 Å². The van der Waals surface area contributed by atoms with E-state index in [1.807, 2.05) is 14.0 Å². The standard InChI is InChI=1S/C18H27FN2O2/c1-13(15-5-7-16(19)8-6-15)20-18(23)11-21(2)17-9-3-14(12-22)4-10-17/h5-8,13-14,17,22H,3-4,9-12H2,1-2H3,(H,20,23). The van der Waals surface area contributed by atoms with E-state index in [1.54, 1.807) is 12.1 Å². The number of carbonyl (C=O) groups excluding carboxylic acids is 1. The minimum Gasteiger partial charge on any atom is -0.396 e. The molecular formula is C18H27FN2O2. The van der Waals surface area contributed by atoms with Crippen molar-refractivity contribution >= 4 is 5.91 Å². The third-order valence-corrected chi connectivity index (χ3v) is 4.84. The normalized spacial score (nSPS) is 22.8. The second-order valence-electron chi connectivity index (χ2n) is 6.61. The van der Waals surface area contributed by atoms with Crippen LogP contribution in [-0.4, -0.2) is 42.2 Å². The molecule has 1 fully saturated rings. The first kappa shape index (κ1) is 17.9. The lowest BCUT2D eigenvalue weighted by molar-refractivity contribution is -0.123. The maximum Gasteiger partial charge on any atom is 0.234 e. The fourth-order valence-electron chi connectivity index (χ4n) is 3.25. The number of nitrogens with one attached hydrogen (secondary N) is 1. The van der Waals surface area contributed by atoms with Gasteiger partial charge in [0.25, 0.3) is 0 Å². The van der Waals surface area contributed by atoms with Crippen molar-refractivity contribution in [3.05, 3.63) is 35.6 Å². The molecular weight excluding hydrogens is 295 g/mol. The molecule has 0 heterocycles. The number of carbonyl (C=O) groups is 1. The summed E-state index contributed by atoms with van der Waals surface area (Å²) in [5.41, 5.74) is 0.894. The number of aliphatic hydroxyl groups is 1. The number of nitrogens with zero attached hydrogens (tertiary/aromatic N) is 1. The lowest BCUT2D eigenvalue weighted by atomic mass is 9.86. The van der Waals surface area contributed by atoms with Crippen LogP contribution in [0.15, 0.2) is 24.3 Å². The van der Waals surface area contributed by atoms with Crippen molar-refractivity contribution in [1.82, 2.24) is 10.2 Å². The van der Waals surface area contributed by atoms with E-state index in [0.29, 0.717) is 18.5 Å². The van der Waals surface area contributed by atoms with Crippen molar-refractivity contribution in [3.8, 4) is 0 Å². The quantitative estimate of drug-likeness (QED) is 0.846. The van der Waals surface area contributed by atoms with Gasteiger partial charge >= 0.3 is 0 Å². The van der Waals surface area contributed by atoms with Gasteiger partial charge < -0.3 is 10.4 Å². The topological polar surface area (TPSA) is 52.6 Å². The van der Waals surface area contributed by atoms with E-state index >= 15 is 0 Å². The average Bonchev–Trinajstić information content (AvgIpc) is 2.55. The Morgan fingerprint density at radius 2 is 1.91 bits per heavy atom. The maximum absolute atomic E-state index is 12.9. The van der Waals surface area contributed by atoms with E-state index in [-0.39, 0.29) is 24.4 Å². The van der Waals surface area contributed by atoms with E-state index in [1.165, 1.54) is 12.1 Å². The molecule has 5 heteroatoms. The molecule has 1 aliphatic rings. The fraction of sp³-hybridized carbons (Fsp3) is 0.611. The summed E-state index contributed by atoms with van der Waals surface area (Å²) in [4.78, 5) is 14.3. The van der Waals surface area contributed by atoms with Crippen LogP contribution in [0.2, 0.25) is 0 Å². The summed E-state index contributed by atoms with van der Waals surface area (Å²) in [7, 11) is 1.98. The number of likely N-dealkylation sites (N-methyl/N-ethyl adjacent to an activating group) is 1. The Morgan fingerprint density at radius 3 is 2.48 bits per heavy atom. The van der Waals surface area contributed by atoms with Crippen LogP contribution in [0.25, 0.3) is 0 Å². The molecule has 0 radical (unpaired) electrons. The Kier molecular flexibility index (Phi) is 6.54. The highest BCUT2D eigenvalue weighted by Crippen LogP contribution is 2.26. The van der Waals surface area contributed by atoms with Gasteiger partial charge in [-0.25, -0.2) is 4.39 Å². The molecule has 1 aliphatic carbocycles. The van der Waals surface area contributed by atoms with Crippen molar-refractivity contribution in [2.75, 3.05) is 20.2 Å². The SMILES string of the molecule is CC(NC(=O)CN(C)C1CCC(CO)CC1)c1ccc(F)cc1. The number of hydrogen-bond acceptors (Lipinski definition) is 3. The average molecular weight is 322 g/mol. The van der Waals surface area contributed by atoms with Crippen LogP contribution in [0.1, 0.15) is 44.2 Å². The number of amides is 1. The smallest absolute Gasteiger partial charge is 0.234 e. The van der Waals surface area contributed by atoms with Crippen molar-refractivity contribution in [2.24, 2.45) is 5.92 Å². The molecule has 0 bridgehead atoms. The van der Waals surface area contributed by atoms with Crippen molar-refractivity contribution in [2.45, 2.75) is 44.7 Å². The Labute approximate surface area is 137 Å². The summed E-state index contributed by atoms with van der Waals surface area (Å²) >= 11 is 0. The molecule has 1 aromatic carbocycles. The predicted molar refractivity (Wildman–Crippen MR) is 88.4 cm³/mol.